The van der Waals surface area contributed by atoms with Gasteiger partial charge in [-0.05, 0) is 25.2 Å². The molecule has 0 aliphatic heterocycles. The van der Waals surface area contributed by atoms with Crippen molar-refractivity contribution >= 4 is 11.6 Å². The fourth-order valence-corrected chi connectivity index (χ4v) is 3.05. The van der Waals surface area contributed by atoms with Crippen LogP contribution in [-0.4, -0.2) is 33.8 Å². The van der Waals surface area contributed by atoms with E-state index >= 15 is 0 Å². The van der Waals surface area contributed by atoms with Gasteiger partial charge in [-0.25, -0.2) is 9.97 Å². The van der Waals surface area contributed by atoms with Gasteiger partial charge in [0.05, 0.1) is 12.1 Å². The largest absolute Gasteiger partial charge is 0.394 e. The summed E-state index contributed by atoms with van der Waals surface area (Å²) in [5, 5.41) is 16.7. The number of anilines is 2. The quantitative estimate of drug-likeness (QED) is 0.720. The lowest BCUT2D eigenvalue weighted by Gasteiger charge is -2.30. The molecule has 1 heterocycles. The van der Waals surface area contributed by atoms with E-state index in [1.54, 1.807) is 6.33 Å². The maximum absolute atomic E-state index is 9.80. The number of aliphatic hydroxyl groups is 1. The van der Waals surface area contributed by atoms with Gasteiger partial charge in [0.1, 0.15) is 18.0 Å². The number of hydrogen-bond acceptors (Lipinski definition) is 5. The maximum Gasteiger partial charge on any atom is 0.135 e. The average Bonchev–Trinajstić information content (AvgIpc) is 2.94. The molecule has 5 heteroatoms. The molecule has 1 aromatic rings. The fourth-order valence-electron chi connectivity index (χ4n) is 3.05. The summed E-state index contributed by atoms with van der Waals surface area (Å²) < 4.78 is 0. The van der Waals surface area contributed by atoms with Crippen molar-refractivity contribution in [2.75, 3.05) is 23.8 Å². The molecule has 2 rings (SSSR count). The molecule has 21 heavy (non-hydrogen) atoms. The van der Waals surface area contributed by atoms with Crippen LogP contribution >= 0.6 is 0 Å². The minimum absolute atomic E-state index is 0.159. The van der Waals surface area contributed by atoms with Crippen LogP contribution in [0, 0.1) is 0 Å². The van der Waals surface area contributed by atoms with E-state index in [0.717, 1.165) is 55.8 Å². The molecule has 1 fully saturated rings. The van der Waals surface area contributed by atoms with Gasteiger partial charge in [0.15, 0.2) is 0 Å². The van der Waals surface area contributed by atoms with Gasteiger partial charge in [-0.1, -0.05) is 33.6 Å². The Bertz CT molecular complexity index is 456. The third-order valence-corrected chi connectivity index (χ3v) is 4.25. The molecule has 0 saturated heterocycles. The molecule has 0 aromatic carbocycles. The van der Waals surface area contributed by atoms with Crippen molar-refractivity contribution in [2.45, 2.75) is 64.3 Å². The summed E-state index contributed by atoms with van der Waals surface area (Å²) in [4.78, 5) is 8.85. The Morgan fingerprint density at radius 3 is 2.48 bits per heavy atom. The van der Waals surface area contributed by atoms with Crippen molar-refractivity contribution in [3.8, 4) is 0 Å². The third-order valence-electron chi connectivity index (χ3n) is 4.25. The van der Waals surface area contributed by atoms with E-state index in [1.807, 2.05) is 0 Å². The van der Waals surface area contributed by atoms with Crippen LogP contribution in [0.15, 0.2) is 6.33 Å². The molecular formula is C16H28N4O. The van der Waals surface area contributed by atoms with Crippen LogP contribution in [0.3, 0.4) is 0 Å². The number of nitrogens with one attached hydrogen (secondary N) is 2. The minimum Gasteiger partial charge on any atom is -0.394 e. The molecule has 0 spiro atoms. The van der Waals surface area contributed by atoms with Crippen molar-refractivity contribution in [3.63, 3.8) is 0 Å². The highest BCUT2D eigenvalue weighted by molar-refractivity contribution is 5.60. The zero-order valence-electron chi connectivity index (χ0n) is 13.4. The highest BCUT2D eigenvalue weighted by Crippen LogP contribution is 2.36. The van der Waals surface area contributed by atoms with Crippen LogP contribution in [0.2, 0.25) is 0 Å². The van der Waals surface area contributed by atoms with Gasteiger partial charge in [0, 0.05) is 12.1 Å². The Hall–Kier alpha value is -1.36. The molecule has 0 atom stereocenters. The van der Waals surface area contributed by atoms with Crippen LogP contribution in [0.4, 0.5) is 11.6 Å². The molecule has 1 saturated carbocycles. The number of aromatic nitrogens is 2. The van der Waals surface area contributed by atoms with E-state index in [-0.39, 0.29) is 12.1 Å². The zero-order chi connectivity index (χ0) is 15.3. The Kier molecular flexibility index (Phi) is 5.39. The number of aliphatic hydroxyl groups excluding tert-OH is 1. The molecule has 0 unspecified atom stereocenters. The molecule has 0 bridgehead atoms. The standard InChI is InChI=1S/C16H28N4O/c1-4-9-17-14-13(12(2)3)15(19-11-18-14)20-16(10-21)7-5-6-8-16/h11-12,21H,4-10H2,1-3H3,(H2,17,18,19,20). The lowest BCUT2D eigenvalue weighted by atomic mass is 9.97. The monoisotopic (exact) mass is 292 g/mol. The highest BCUT2D eigenvalue weighted by Gasteiger charge is 2.34. The van der Waals surface area contributed by atoms with Crippen LogP contribution in [0.25, 0.3) is 0 Å². The summed E-state index contributed by atoms with van der Waals surface area (Å²) in [5.41, 5.74) is 0.908. The van der Waals surface area contributed by atoms with Gasteiger partial charge in [-0.15, -0.1) is 0 Å². The van der Waals surface area contributed by atoms with Crippen LogP contribution < -0.4 is 10.6 Å². The second-order valence-electron chi connectivity index (χ2n) is 6.34. The van der Waals surface area contributed by atoms with Gasteiger partial charge in [-0.2, -0.15) is 0 Å². The number of hydrogen-bond donors (Lipinski definition) is 3. The first-order valence-electron chi connectivity index (χ1n) is 8.09. The summed E-state index contributed by atoms with van der Waals surface area (Å²) in [6.45, 7) is 7.51. The van der Waals surface area contributed by atoms with Crippen molar-refractivity contribution < 1.29 is 5.11 Å². The third kappa shape index (κ3) is 3.64. The summed E-state index contributed by atoms with van der Waals surface area (Å²) in [6.07, 6.45) is 7.00. The Labute approximate surface area is 127 Å². The zero-order valence-corrected chi connectivity index (χ0v) is 13.4. The molecule has 0 radical (unpaired) electrons. The van der Waals surface area contributed by atoms with Gasteiger partial charge in [0.2, 0.25) is 0 Å². The summed E-state index contributed by atoms with van der Waals surface area (Å²) in [6, 6.07) is 0. The predicted octanol–water partition coefficient (Wildman–Crippen LogP) is 3.14. The lowest BCUT2D eigenvalue weighted by Crippen LogP contribution is -2.39. The lowest BCUT2D eigenvalue weighted by molar-refractivity contribution is 0.213. The number of nitrogens with zero attached hydrogens (tertiary/aromatic N) is 2. The molecule has 1 aliphatic carbocycles. The molecule has 1 aliphatic rings. The van der Waals surface area contributed by atoms with E-state index in [1.165, 1.54) is 0 Å². The van der Waals surface area contributed by atoms with Crippen LogP contribution in [0.1, 0.15) is 64.4 Å². The van der Waals surface area contributed by atoms with Gasteiger partial charge in [0.25, 0.3) is 0 Å². The van der Waals surface area contributed by atoms with Gasteiger partial charge < -0.3 is 15.7 Å². The second-order valence-corrected chi connectivity index (χ2v) is 6.34. The first kappa shape index (κ1) is 16.0. The van der Waals surface area contributed by atoms with Crippen molar-refractivity contribution in [1.82, 2.24) is 9.97 Å². The van der Waals surface area contributed by atoms with Crippen molar-refractivity contribution in [2.24, 2.45) is 0 Å². The SMILES string of the molecule is CCCNc1ncnc(NC2(CO)CCCC2)c1C(C)C. The predicted molar refractivity (Wildman–Crippen MR) is 86.8 cm³/mol. The Balaban J connectivity index is 2.29. The first-order valence-corrected chi connectivity index (χ1v) is 8.09. The maximum atomic E-state index is 9.80. The van der Waals surface area contributed by atoms with E-state index in [0.29, 0.717) is 5.92 Å². The first-order chi connectivity index (χ1) is 10.1. The van der Waals surface area contributed by atoms with Crippen molar-refractivity contribution in [1.29, 1.82) is 0 Å². The minimum atomic E-state index is -0.208. The molecule has 5 nitrogen and oxygen atoms in total. The fraction of sp³-hybridized carbons (Fsp3) is 0.750. The smallest absolute Gasteiger partial charge is 0.135 e. The van der Waals surface area contributed by atoms with E-state index < -0.39 is 0 Å². The average molecular weight is 292 g/mol. The molecule has 0 amide bonds. The molecule has 1 aromatic heterocycles. The second kappa shape index (κ2) is 7.07. The number of rotatable bonds is 7. The van der Waals surface area contributed by atoms with Gasteiger partial charge in [-0.3, -0.25) is 0 Å². The topological polar surface area (TPSA) is 70.1 Å². The van der Waals surface area contributed by atoms with Crippen LogP contribution in [-0.2, 0) is 0 Å². The van der Waals surface area contributed by atoms with Crippen molar-refractivity contribution in [3.05, 3.63) is 11.9 Å². The van der Waals surface area contributed by atoms with E-state index in [9.17, 15) is 5.11 Å². The Morgan fingerprint density at radius 2 is 1.90 bits per heavy atom. The summed E-state index contributed by atoms with van der Waals surface area (Å²) in [5.74, 6) is 2.11. The molecule has 3 N–H and O–H groups in total. The van der Waals surface area contributed by atoms with E-state index in [4.69, 9.17) is 0 Å². The Morgan fingerprint density at radius 1 is 1.24 bits per heavy atom. The summed E-state index contributed by atoms with van der Waals surface area (Å²) >= 11 is 0. The van der Waals surface area contributed by atoms with Gasteiger partial charge >= 0.3 is 0 Å². The molecular weight excluding hydrogens is 264 g/mol. The molecule has 118 valence electrons. The normalized spacial score (nSPS) is 17.2. The van der Waals surface area contributed by atoms with E-state index in [2.05, 4.69) is 41.4 Å². The van der Waals surface area contributed by atoms with Crippen LogP contribution in [0.5, 0.6) is 0 Å². The highest BCUT2D eigenvalue weighted by atomic mass is 16.3. The summed E-state index contributed by atoms with van der Waals surface area (Å²) in [7, 11) is 0.